The van der Waals surface area contributed by atoms with E-state index in [1.165, 1.54) is 0 Å². The molecule has 0 amide bonds. The molecular formula is C4H11N2O2+. The first-order valence-corrected chi connectivity index (χ1v) is 2.74. The first-order chi connectivity index (χ1) is 3.71. The van der Waals surface area contributed by atoms with Crippen molar-refractivity contribution in [2.75, 3.05) is 26.2 Å². The van der Waals surface area contributed by atoms with E-state index in [4.69, 9.17) is 10.4 Å². The van der Waals surface area contributed by atoms with Crippen molar-refractivity contribution in [2.45, 2.75) is 0 Å². The van der Waals surface area contributed by atoms with Gasteiger partial charge in [0.15, 0.2) is 13.1 Å². The van der Waals surface area contributed by atoms with Crippen molar-refractivity contribution in [2.24, 2.45) is 0 Å². The molecule has 8 heavy (non-hydrogen) atoms. The Labute approximate surface area is 47.8 Å². The minimum Gasteiger partial charge on any atom is -0.306 e. The molecule has 48 valence electrons. The third-order valence-electron chi connectivity index (χ3n) is 1.29. The Morgan fingerprint density at radius 3 is 1.88 bits per heavy atom. The van der Waals surface area contributed by atoms with Crippen molar-refractivity contribution >= 4 is 0 Å². The van der Waals surface area contributed by atoms with Crippen LogP contribution in [0.2, 0.25) is 0 Å². The number of rotatable bonds is 0. The second-order valence-corrected chi connectivity index (χ2v) is 2.08. The van der Waals surface area contributed by atoms with Gasteiger partial charge in [0.25, 0.3) is 0 Å². The van der Waals surface area contributed by atoms with Gasteiger partial charge in [0, 0.05) is 0 Å². The number of nitrogens with zero attached hydrogens (tertiary/aromatic N) is 1. The van der Waals surface area contributed by atoms with Gasteiger partial charge in [0.1, 0.15) is 0 Å². The molecule has 0 bridgehead atoms. The second-order valence-electron chi connectivity index (χ2n) is 2.08. The predicted molar refractivity (Wildman–Crippen MR) is 26.4 cm³/mol. The van der Waals surface area contributed by atoms with Crippen LogP contribution in [-0.2, 0) is 0 Å². The number of hydrogen-bond acceptors (Lipinski definition) is 3. The fourth-order valence-corrected chi connectivity index (χ4v) is 0.753. The van der Waals surface area contributed by atoms with Crippen LogP contribution in [0.1, 0.15) is 0 Å². The topological polar surface area (TPSA) is 52.5 Å². The zero-order chi connectivity index (χ0) is 6.04. The van der Waals surface area contributed by atoms with Crippen molar-refractivity contribution in [3.05, 3.63) is 0 Å². The van der Waals surface area contributed by atoms with Crippen LogP contribution in [0.25, 0.3) is 0 Å². The lowest BCUT2D eigenvalue weighted by Gasteiger charge is -2.25. The van der Waals surface area contributed by atoms with E-state index in [1.807, 2.05) is 0 Å². The summed E-state index contributed by atoms with van der Waals surface area (Å²) in [6.07, 6.45) is 0. The van der Waals surface area contributed by atoms with Crippen LogP contribution in [0.4, 0.5) is 0 Å². The molecule has 0 radical (unpaired) electrons. The molecule has 1 aliphatic rings. The highest BCUT2D eigenvalue weighted by atomic mass is 16.8. The van der Waals surface area contributed by atoms with E-state index < -0.39 is 4.81 Å². The average molecular weight is 119 g/mol. The molecule has 0 unspecified atom stereocenters. The Hall–Kier alpha value is -0.160. The number of quaternary nitrogens is 1. The van der Waals surface area contributed by atoms with E-state index in [-0.39, 0.29) is 0 Å². The van der Waals surface area contributed by atoms with Crippen molar-refractivity contribution < 1.29 is 15.2 Å². The molecule has 4 nitrogen and oxygen atoms in total. The summed E-state index contributed by atoms with van der Waals surface area (Å²) >= 11 is 0. The Morgan fingerprint density at radius 1 is 1.12 bits per heavy atom. The fraction of sp³-hybridized carbons (Fsp3) is 1.00. The summed E-state index contributed by atoms with van der Waals surface area (Å²) in [6, 6.07) is 0. The Balaban J connectivity index is 2.33. The number of piperazine rings is 1. The summed E-state index contributed by atoms with van der Waals surface area (Å²) in [5.74, 6) is 0. The van der Waals surface area contributed by atoms with Gasteiger partial charge < -0.3 is 5.32 Å². The number of nitrogens with one attached hydrogen (secondary N) is 1. The molecule has 0 aromatic heterocycles. The minimum atomic E-state index is -0.812. The van der Waals surface area contributed by atoms with E-state index in [0.717, 1.165) is 0 Å². The predicted octanol–water partition coefficient (Wildman–Crippen LogP) is -0.815. The van der Waals surface area contributed by atoms with Crippen LogP contribution in [0.5, 0.6) is 0 Å². The van der Waals surface area contributed by atoms with Gasteiger partial charge in [-0.25, -0.2) is 0 Å². The molecule has 1 fully saturated rings. The SMILES string of the molecule is O[N+]1(O)CCNCC1. The highest BCUT2D eigenvalue weighted by molar-refractivity contribution is 4.48. The molecule has 0 spiro atoms. The Morgan fingerprint density at radius 2 is 1.62 bits per heavy atom. The van der Waals surface area contributed by atoms with E-state index in [0.29, 0.717) is 26.2 Å². The lowest BCUT2D eigenvalue weighted by molar-refractivity contribution is -1.24. The van der Waals surface area contributed by atoms with Gasteiger partial charge in [-0.05, 0) is 4.81 Å². The van der Waals surface area contributed by atoms with Gasteiger partial charge in [0.05, 0.1) is 13.1 Å². The van der Waals surface area contributed by atoms with Gasteiger partial charge in [-0.1, -0.05) is 0 Å². The van der Waals surface area contributed by atoms with Gasteiger partial charge in [-0.15, -0.1) is 0 Å². The quantitative estimate of drug-likeness (QED) is 0.365. The maximum Gasteiger partial charge on any atom is 0.154 e. The fourth-order valence-electron chi connectivity index (χ4n) is 0.753. The van der Waals surface area contributed by atoms with Crippen LogP contribution >= 0.6 is 0 Å². The number of hydrogen-bond donors (Lipinski definition) is 3. The van der Waals surface area contributed by atoms with E-state index >= 15 is 0 Å². The molecule has 1 aliphatic heterocycles. The van der Waals surface area contributed by atoms with Crippen LogP contribution in [-0.4, -0.2) is 41.4 Å². The standard InChI is InChI=1S/C4H11N2O2/c7-6(8)3-1-5-2-4-6/h5,7-8H,1-4H2/q+1. The van der Waals surface area contributed by atoms with Gasteiger partial charge in [0.2, 0.25) is 0 Å². The smallest absolute Gasteiger partial charge is 0.154 e. The molecular weight excluding hydrogens is 108 g/mol. The first-order valence-electron chi connectivity index (χ1n) is 2.74. The van der Waals surface area contributed by atoms with Gasteiger partial charge in [-0.3, -0.25) is 0 Å². The maximum atomic E-state index is 8.83. The molecule has 0 saturated carbocycles. The summed E-state index contributed by atoms with van der Waals surface area (Å²) < 4.78 is 0. The van der Waals surface area contributed by atoms with E-state index in [9.17, 15) is 0 Å². The lowest BCUT2D eigenvalue weighted by atomic mass is 10.4. The summed E-state index contributed by atoms with van der Waals surface area (Å²) in [5.41, 5.74) is 0. The zero-order valence-corrected chi connectivity index (χ0v) is 4.67. The van der Waals surface area contributed by atoms with Crippen molar-refractivity contribution in [3.63, 3.8) is 0 Å². The van der Waals surface area contributed by atoms with Crippen LogP contribution in [0, 0.1) is 0 Å². The van der Waals surface area contributed by atoms with Crippen molar-refractivity contribution in [1.29, 1.82) is 0 Å². The van der Waals surface area contributed by atoms with Crippen molar-refractivity contribution in [3.8, 4) is 0 Å². The second kappa shape index (κ2) is 1.99. The molecule has 3 N–H and O–H groups in total. The highest BCUT2D eigenvalue weighted by Gasteiger charge is 2.24. The minimum absolute atomic E-state index is 0.389. The lowest BCUT2D eigenvalue weighted by Crippen LogP contribution is -2.54. The maximum absolute atomic E-state index is 8.83. The normalized spacial score (nSPS) is 27.8. The molecule has 1 saturated heterocycles. The molecule has 4 heteroatoms. The zero-order valence-electron chi connectivity index (χ0n) is 4.67. The van der Waals surface area contributed by atoms with E-state index in [2.05, 4.69) is 5.32 Å². The highest BCUT2D eigenvalue weighted by Crippen LogP contribution is 1.95. The van der Waals surface area contributed by atoms with E-state index in [1.54, 1.807) is 0 Å². The molecule has 0 aromatic rings. The Kier molecular flexibility index (Phi) is 1.48. The molecule has 0 aromatic carbocycles. The van der Waals surface area contributed by atoms with Crippen LogP contribution < -0.4 is 5.32 Å². The molecule has 0 atom stereocenters. The summed E-state index contributed by atoms with van der Waals surface area (Å²) in [6.45, 7) is 2.15. The van der Waals surface area contributed by atoms with Crippen molar-refractivity contribution in [1.82, 2.24) is 5.32 Å². The molecule has 1 heterocycles. The van der Waals surface area contributed by atoms with Gasteiger partial charge in [-0.2, -0.15) is 10.4 Å². The largest absolute Gasteiger partial charge is 0.306 e. The summed E-state index contributed by atoms with van der Waals surface area (Å²) in [5, 5.41) is 20.7. The van der Waals surface area contributed by atoms with Crippen LogP contribution in [0.3, 0.4) is 0 Å². The monoisotopic (exact) mass is 119 g/mol. The van der Waals surface area contributed by atoms with Gasteiger partial charge >= 0.3 is 0 Å². The average Bonchev–Trinajstić information content (AvgIpc) is 1.65. The molecule has 1 rings (SSSR count). The number of hydroxylamine groups is 4. The summed E-state index contributed by atoms with van der Waals surface area (Å²) in [7, 11) is 0. The Bertz CT molecular complexity index is 76.1. The third-order valence-corrected chi connectivity index (χ3v) is 1.29. The molecule has 0 aliphatic carbocycles. The summed E-state index contributed by atoms with van der Waals surface area (Å²) in [4.78, 5) is -0.812. The first kappa shape index (κ1) is 5.97. The third kappa shape index (κ3) is 1.41. The van der Waals surface area contributed by atoms with Crippen LogP contribution in [0.15, 0.2) is 0 Å².